The third kappa shape index (κ3) is 5.32. The molecule has 1 saturated heterocycles. The predicted molar refractivity (Wildman–Crippen MR) is 69.1 cm³/mol. The van der Waals surface area contributed by atoms with Crippen LogP contribution in [-0.2, 0) is 19.0 Å². The lowest BCUT2D eigenvalue weighted by molar-refractivity contribution is -0.151. The Kier molecular flexibility index (Phi) is 5.74. The van der Waals surface area contributed by atoms with Gasteiger partial charge in [0.15, 0.2) is 0 Å². The minimum absolute atomic E-state index is 0.0650. The van der Waals surface area contributed by atoms with Gasteiger partial charge in [-0.05, 0) is 27.7 Å². The van der Waals surface area contributed by atoms with Crippen LogP contribution in [-0.4, -0.2) is 61.1 Å². The van der Waals surface area contributed by atoms with Crippen LogP contribution in [0.25, 0.3) is 0 Å². The van der Waals surface area contributed by atoms with Crippen LogP contribution in [0, 0.1) is 0 Å². The normalized spacial score (nSPS) is 22.8. The molecule has 2 unspecified atom stereocenters. The first kappa shape index (κ1) is 16.7. The molecule has 1 aliphatic heterocycles. The first-order valence-electron chi connectivity index (χ1n) is 6.62. The number of carbonyl (C=O) groups is 2. The summed E-state index contributed by atoms with van der Waals surface area (Å²) >= 11 is 0. The van der Waals surface area contributed by atoms with Crippen LogP contribution in [0.5, 0.6) is 0 Å². The fraction of sp³-hybridized carbons (Fsp3) is 0.846. The Labute approximate surface area is 118 Å². The number of halogens is 1. The van der Waals surface area contributed by atoms with E-state index >= 15 is 0 Å². The molecule has 1 amide bonds. The van der Waals surface area contributed by atoms with Crippen LogP contribution < -0.4 is 0 Å². The lowest BCUT2D eigenvalue weighted by atomic mass is 10.2. The third-order valence-corrected chi connectivity index (χ3v) is 2.57. The van der Waals surface area contributed by atoms with Gasteiger partial charge in [-0.15, -0.1) is 0 Å². The van der Waals surface area contributed by atoms with Gasteiger partial charge in [-0.3, -0.25) is 0 Å². The Morgan fingerprint density at radius 1 is 1.30 bits per heavy atom. The standard InChI is InChI=1S/C13H22FNO5/c1-5-18-11(16)8-19-10-7-15(6-9(10)14)12(17)20-13(2,3)4/h9-10H,5-8H2,1-4H3. The molecule has 0 aromatic heterocycles. The molecule has 2 atom stereocenters. The maximum absolute atomic E-state index is 13.7. The topological polar surface area (TPSA) is 65.1 Å². The van der Waals surface area contributed by atoms with E-state index in [9.17, 15) is 14.0 Å². The molecule has 1 heterocycles. The van der Waals surface area contributed by atoms with Gasteiger partial charge in [0.25, 0.3) is 0 Å². The number of likely N-dealkylation sites (tertiary alicyclic amines) is 1. The number of alkyl halides is 1. The second-order valence-corrected chi connectivity index (χ2v) is 5.56. The summed E-state index contributed by atoms with van der Waals surface area (Å²) in [4.78, 5) is 24.2. The SMILES string of the molecule is CCOC(=O)COC1CN(C(=O)OC(C)(C)C)CC1F. The van der Waals surface area contributed by atoms with E-state index in [4.69, 9.17) is 9.47 Å². The Hall–Kier alpha value is -1.37. The molecule has 6 nitrogen and oxygen atoms in total. The zero-order valence-corrected chi connectivity index (χ0v) is 12.3. The van der Waals surface area contributed by atoms with E-state index in [2.05, 4.69) is 4.74 Å². The second-order valence-electron chi connectivity index (χ2n) is 5.56. The number of amides is 1. The molecule has 0 bridgehead atoms. The van der Waals surface area contributed by atoms with Gasteiger partial charge in [-0.25, -0.2) is 14.0 Å². The van der Waals surface area contributed by atoms with Crippen molar-refractivity contribution < 1.29 is 28.2 Å². The highest BCUT2D eigenvalue weighted by Gasteiger charge is 2.38. The molecule has 7 heteroatoms. The van der Waals surface area contributed by atoms with Gasteiger partial charge in [0.2, 0.25) is 0 Å². The fourth-order valence-electron chi connectivity index (χ4n) is 1.74. The molecule has 1 fully saturated rings. The van der Waals surface area contributed by atoms with Crippen molar-refractivity contribution in [3.8, 4) is 0 Å². The Bertz CT molecular complexity index is 355. The molecule has 0 spiro atoms. The van der Waals surface area contributed by atoms with Gasteiger partial charge in [0, 0.05) is 0 Å². The molecule has 0 aliphatic carbocycles. The summed E-state index contributed by atoms with van der Waals surface area (Å²) in [6, 6.07) is 0. The van der Waals surface area contributed by atoms with Crippen LogP contribution >= 0.6 is 0 Å². The van der Waals surface area contributed by atoms with Crippen molar-refractivity contribution in [3.05, 3.63) is 0 Å². The summed E-state index contributed by atoms with van der Waals surface area (Å²) in [5.74, 6) is -0.546. The highest BCUT2D eigenvalue weighted by atomic mass is 19.1. The fourth-order valence-corrected chi connectivity index (χ4v) is 1.74. The van der Waals surface area contributed by atoms with Gasteiger partial charge in [-0.1, -0.05) is 0 Å². The van der Waals surface area contributed by atoms with E-state index in [1.54, 1.807) is 27.7 Å². The van der Waals surface area contributed by atoms with E-state index in [-0.39, 0.29) is 26.3 Å². The van der Waals surface area contributed by atoms with Crippen LogP contribution in [0.15, 0.2) is 0 Å². The van der Waals surface area contributed by atoms with Gasteiger partial charge >= 0.3 is 12.1 Å². The van der Waals surface area contributed by atoms with Gasteiger partial charge < -0.3 is 19.1 Å². The average Bonchev–Trinajstić information content (AvgIpc) is 2.66. The van der Waals surface area contributed by atoms with E-state index in [0.29, 0.717) is 0 Å². The van der Waals surface area contributed by atoms with Crippen molar-refractivity contribution in [1.29, 1.82) is 0 Å². The maximum atomic E-state index is 13.7. The average molecular weight is 291 g/mol. The maximum Gasteiger partial charge on any atom is 0.410 e. The molecular weight excluding hydrogens is 269 g/mol. The van der Waals surface area contributed by atoms with Crippen LogP contribution in [0.2, 0.25) is 0 Å². The van der Waals surface area contributed by atoms with Crippen molar-refractivity contribution >= 4 is 12.1 Å². The summed E-state index contributed by atoms with van der Waals surface area (Å²) < 4.78 is 28.7. The first-order valence-corrected chi connectivity index (χ1v) is 6.62. The molecule has 1 rings (SSSR count). The molecule has 0 radical (unpaired) electrons. The molecule has 20 heavy (non-hydrogen) atoms. The lowest BCUT2D eigenvalue weighted by Gasteiger charge is -2.24. The Morgan fingerprint density at radius 3 is 2.50 bits per heavy atom. The molecular formula is C13H22FNO5. The second kappa shape index (κ2) is 6.88. The number of ether oxygens (including phenoxy) is 3. The summed E-state index contributed by atoms with van der Waals surface area (Å²) in [6.07, 6.45) is -2.74. The smallest absolute Gasteiger partial charge is 0.410 e. The van der Waals surface area contributed by atoms with Crippen molar-refractivity contribution in [2.75, 3.05) is 26.3 Å². The quantitative estimate of drug-likeness (QED) is 0.735. The Balaban J connectivity index is 2.42. The number of esters is 1. The van der Waals surface area contributed by atoms with Crippen LogP contribution in [0.1, 0.15) is 27.7 Å². The highest BCUT2D eigenvalue weighted by Crippen LogP contribution is 2.19. The van der Waals surface area contributed by atoms with Crippen molar-refractivity contribution in [2.24, 2.45) is 0 Å². The number of rotatable bonds is 4. The van der Waals surface area contributed by atoms with E-state index < -0.39 is 29.9 Å². The molecule has 1 aliphatic rings. The zero-order valence-electron chi connectivity index (χ0n) is 12.3. The van der Waals surface area contributed by atoms with Crippen molar-refractivity contribution in [3.63, 3.8) is 0 Å². The largest absolute Gasteiger partial charge is 0.464 e. The summed E-state index contributed by atoms with van der Waals surface area (Å²) in [5.41, 5.74) is -0.632. The minimum atomic E-state index is -1.34. The zero-order chi connectivity index (χ0) is 15.3. The molecule has 116 valence electrons. The summed E-state index contributed by atoms with van der Waals surface area (Å²) in [7, 11) is 0. The highest BCUT2D eigenvalue weighted by molar-refractivity contribution is 5.71. The first-order chi connectivity index (χ1) is 9.23. The van der Waals surface area contributed by atoms with Crippen LogP contribution in [0.4, 0.5) is 9.18 Å². The number of nitrogens with zero attached hydrogens (tertiary/aromatic N) is 1. The molecule has 0 aromatic rings. The predicted octanol–water partition coefficient (Wildman–Crippen LogP) is 1.52. The minimum Gasteiger partial charge on any atom is -0.464 e. The number of carbonyl (C=O) groups excluding carboxylic acids is 2. The van der Waals surface area contributed by atoms with E-state index in [0.717, 1.165) is 0 Å². The summed E-state index contributed by atoms with van der Waals surface area (Å²) in [6.45, 7) is 6.79. The Morgan fingerprint density at radius 2 is 1.95 bits per heavy atom. The molecule has 0 aromatic carbocycles. The van der Waals surface area contributed by atoms with Gasteiger partial charge in [-0.2, -0.15) is 0 Å². The third-order valence-electron chi connectivity index (χ3n) is 2.57. The van der Waals surface area contributed by atoms with E-state index in [1.807, 2.05) is 0 Å². The van der Waals surface area contributed by atoms with Crippen molar-refractivity contribution in [2.45, 2.75) is 45.6 Å². The number of hydrogen-bond acceptors (Lipinski definition) is 5. The van der Waals surface area contributed by atoms with Crippen LogP contribution in [0.3, 0.4) is 0 Å². The van der Waals surface area contributed by atoms with Gasteiger partial charge in [0.1, 0.15) is 24.5 Å². The lowest BCUT2D eigenvalue weighted by Crippen LogP contribution is -2.36. The van der Waals surface area contributed by atoms with E-state index in [1.165, 1.54) is 4.90 Å². The summed E-state index contributed by atoms with van der Waals surface area (Å²) in [5, 5.41) is 0. The monoisotopic (exact) mass is 291 g/mol. The molecule has 0 saturated carbocycles. The molecule has 0 N–H and O–H groups in total. The van der Waals surface area contributed by atoms with Gasteiger partial charge in [0.05, 0.1) is 19.7 Å². The van der Waals surface area contributed by atoms with Crippen molar-refractivity contribution in [1.82, 2.24) is 4.90 Å². The number of hydrogen-bond donors (Lipinski definition) is 0.